The Labute approximate surface area is 172 Å². The Morgan fingerprint density at radius 1 is 0.741 bits per heavy atom. The van der Waals surface area contributed by atoms with Crippen LogP contribution in [0.4, 0.5) is 0 Å². The molecule has 1 heterocycles. The summed E-state index contributed by atoms with van der Waals surface area (Å²) in [4.78, 5) is 0. The van der Waals surface area contributed by atoms with Gasteiger partial charge < -0.3 is 0 Å². The number of rotatable bonds is 5. The van der Waals surface area contributed by atoms with E-state index in [0.717, 1.165) is 33.0 Å². The van der Waals surface area contributed by atoms with Gasteiger partial charge in [-0.25, -0.2) is 0 Å². The lowest BCUT2D eigenvalue weighted by atomic mass is 10.2. The number of aromatic nitrogens is 3. The minimum Gasteiger partial charge on any atom is -0.270 e. The molecule has 4 rings (SSSR count). The maximum absolute atomic E-state index is 6.07. The molecule has 0 atom stereocenters. The second kappa shape index (κ2) is 8.17. The molecule has 3 aromatic carbocycles. The van der Waals surface area contributed by atoms with E-state index in [0.29, 0.717) is 5.02 Å². The Morgan fingerprint density at radius 2 is 1.37 bits per heavy atom. The zero-order chi connectivity index (χ0) is 18.6. The maximum Gasteiger partial charge on any atom is 0.196 e. The van der Waals surface area contributed by atoms with Gasteiger partial charge >= 0.3 is 0 Å². The van der Waals surface area contributed by atoms with Crippen molar-refractivity contribution in [2.45, 2.75) is 10.9 Å². The Morgan fingerprint density at radius 3 is 2.04 bits per heavy atom. The average molecular weight is 412 g/mol. The summed E-state index contributed by atoms with van der Waals surface area (Å²) in [5.74, 6) is 1.58. The number of thioether (sulfide) groups is 1. The van der Waals surface area contributed by atoms with E-state index < -0.39 is 0 Å². The van der Waals surface area contributed by atoms with Crippen LogP contribution >= 0.6 is 35.0 Å². The summed E-state index contributed by atoms with van der Waals surface area (Å²) in [5, 5.41) is 11.1. The van der Waals surface area contributed by atoms with E-state index in [1.54, 1.807) is 11.8 Å². The van der Waals surface area contributed by atoms with Crippen LogP contribution in [0.3, 0.4) is 0 Å². The molecule has 0 saturated heterocycles. The Balaban J connectivity index is 1.71. The summed E-state index contributed by atoms with van der Waals surface area (Å²) in [5.41, 5.74) is 3.16. The fourth-order valence-corrected chi connectivity index (χ4v) is 3.85. The van der Waals surface area contributed by atoms with Crippen LogP contribution in [0.25, 0.3) is 17.1 Å². The lowest BCUT2D eigenvalue weighted by Gasteiger charge is -2.10. The summed E-state index contributed by atoms with van der Waals surface area (Å²) in [7, 11) is 0. The Bertz CT molecular complexity index is 1030. The van der Waals surface area contributed by atoms with Crippen molar-refractivity contribution in [2.75, 3.05) is 0 Å². The van der Waals surface area contributed by atoms with Gasteiger partial charge in [0, 0.05) is 27.0 Å². The number of benzene rings is 3. The highest BCUT2D eigenvalue weighted by atomic mass is 35.5. The van der Waals surface area contributed by atoms with E-state index in [-0.39, 0.29) is 0 Å². The van der Waals surface area contributed by atoms with E-state index >= 15 is 0 Å². The first-order valence-corrected chi connectivity index (χ1v) is 10.1. The molecule has 0 unspecified atom stereocenters. The first-order chi connectivity index (χ1) is 13.2. The molecule has 0 aliphatic rings. The molecule has 0 saturated carbocycles. The van der Waals surface area contributed by atoms with E-state index in [9.17, 15) is 0 Å². The highest BCUT2D eigenvalue weighted by molar-refractivity contribution is 7.98. The average Bonchev–Trinajstić information content (AvgIpc) is 3.13. The van der Waals surface area contributed by atoms with Crippen LogP contribution in [0.2, 0.25) is 10.0 Å². The predicted octanol–water partition coefficient (Wildman–Crippen LogP) is 6.53. The number of hydrogen-bond acceptors (Lipinski definition) is 3. The maximum atomic E-state index is 6.07. The standard InChI is InChI=1S/C21H15Cl2N3S/c22-17-8-6-15(7-9-17)14-27-21-25-24-20(16-4-2-1-3-5-16)26(21)19-12-10-18(23)11-13-19/h1-13H,14H2. The molecule has 4 aromatic rings. The van der Waals surface area contributed by atoms with Crippen molar-refractivity contribution < 1.29 is 0 Å². The molecule has 0 aliphatic carbocycles. The SMILES string of the molecule is Clc1ccc(CSc2nnc(-c3ccccc3)n2-c2ccc(Cl)cc2)cc1. The lowest BCUT2D eigenvalue weighted by molar-refractivity contribution is 0.886. The number of nitrogens with zero attached hydrogens (tertiary/aromatic N) is 3. The second-order valence-corrected chi connectivity index (χ2v) is 7.71. The highest BCUT2D eigenvalue weighted by Crippen LogP contribution is 2.30. The van der Waals surface area contributed by atoms with Crippen LogP contribution in [-0.4, -0.2) is 14.8 Å². The fraction of sp³-hybridized carbons (Fsp3) is 0.0476. The van der Waals surface area contributed by atoms with Crippen molar-refractivity contribution in [3.63, 3.8) is 0 Å². The minimum atomic E-state index is 0.698. The van der Waals surface area contributed by atoms with Crippen LogP contribution in [0.5, 0.6) is 0 Å². The monoisotopic (exact) mass is 411 g/mol. The number of hydrogen-bond donors (Lipinski definition) is 0. The van der Waals surface area contributed by atoms with E-state index in [1.807, 2.05) is 78.9 Å². The van der Waals surface area contributed by atoms with Gasteiger partial charge in [-0.3, -0.25) is 4.57 Å². The molecule has 0 bridgehead atoms. The van der Waals surface area contributed by atoms with Gasteiger partial charge in [0.25, 0.3) is 0 Å². The van der Waals surface area contributed by atoms with Crippen molar-refractivity contribution in [2.24, 2.45) is 0 Å². The normalized spacial score (nSPS) is 10.9. The van der Waals surface area contributed by atoms with Gasteiger partial charge in [-0.05, 0) is 42.0 Å². The third-order valence-electron chi connectivity index (χ3n) is 4.03. The summed E-state index contributed by atoms with van der Waals surface area (Å²) in [6.07, 6.45) is 0. The van der Waals surface area contributed by atoms with Gasteiger partial charge in [0.05, 0.1) is 0 Å². The van der Waals surface area contributed by atoms with Gasteiger partial charge in [-0.1, -0.05) is 77.4 Å². The molecule has 134 valence electrons. The van der Waals surface area contributed by atoms with Gasteiger partial charge in [-0.2, -0.15) is 0 Å². The summed E-state index contributed by atoms with van der Waals surface area (Å²) in [6.45, 7) is 0. The van der Waals surface area contributed by atoms with Gasteiger partial charge in [0.1, 0.15) is 0 Å². The molecular weight excluding hydrogens is 397 g/mol. The minimum absolute atomic E-state index is 0.698. The van der Waals surface area contributed by atoms with E-state index in [1.165, 1.54) is 5.56 Å². The first-order valence-electron chi connectivity index (χ1n) is 8.35. The van der Waals surface area contributed by atoms with E-state index in [2.05, 4.69) is 14.8 Å². The summed E-state index contributed by atoms with van der Waals surface area (Å²) >= 11 is 13.7. The molecule has 0 amide bonds. The Hall–Kier alpha value is -2.27. The predicted molar refractivity (Wildman–Crippen MR) is 113 cm³/mol. The molecule has 0 N–H and O–H groups in total. The molecule has 0 aliphatic heterocycles. The smallest absolute Gasteiger partial charge is 0.196 e. The second-order valence-electron chi connectivity index (χ2n) is 5.90. The largest absolute Gasteiger partial charge is 0.270 e. The zero-order valence-electron chi connectivity index (χ0n) is 14.2. The first kappa shape index (κ1) is 18.1. The molecule has 6 heteroatoms. The van der Waals surface area contributed by atoms with Gasteiger partial charge in [-0.15, -0.1) is 10.2 Å². The van der Waals surface area contributed by atoms with Crippen molar-refractivity contribution in [3.05, 3.63) is 94.5 Å². The fourth-order valence-electron chi connectivity index (χ4n) is 2.69. The molecule has 0 spiro atoms. The quantitative estimate of drug-likeness (QED) is 0.349. The highest BCUT2D eigenvalue weighted by Gasteiger charge is 2.16. The lowest BCUT2D eigenvalue weighted by Crippen LogP contribution is -1.99. The van der Waals surface area contributed by atoms with Crippen molar-refractivity contribution in [1.82, 2.24) is 14.8 Å². The van der Waals surface area contributed by atoms with Crippen LogP contribution in [0.15, 0.2) is 84.0 Å². The van der Waals surface area contributed by atoms with Crippen LogP contribution < -0.4 is 0 Å². The van der Waals surface area contributed by atoms with Crippen LogP contribution in [-0.2, 0) is 5.75 Å². The Kier molecular flexibility index (Phi) is 5.48. The topological polar surface area (TPSA) is 30.7 Å². The van der Waals surface area contributed by atoms with Crippen molar-refractivity contribution in [3.8, 4) is 17.1 Å². The molecule has 1 aromatic heterocycles. The molecule has 3 nitrogen and oxygen atoms in total. The van der Waals surface area contributed by atoms with Crippen LogP contribution in [0.1, 0.15) is 5.56 Å². The van der Waals surface area contributed by atoms with E-state index in [4.69, 9.17) is 23.2 Å². The molecule has 0 fully saturated rings. The van der Waals surface area contributed by atoms with Crippen LogP contribution in [0, 0.1) is 0 Å². The molecule has 27 heavy (non-hydrogen) atoms. The number of halogens is 2. The van der Waals surface area contributed by atoms with Gasteiger partial charge in [0.2, 0.25) is 0 Å². The van der Waals surface area contributed by atoms with Crippen molar-refractivity contribution >= 4 is 35.0 Å². The third-order valence-corrected chi connectivity index (χ3v) is 5.54. The molecule has 0 radical (unpaired) electrons. The van der Waals surface area contributed by atoms with Gasteiger partial charge in [0.15, 0.2) is 11.0 Å². The zero-order valence-corrected chi connectivity index (χ0v) is 16.5. The summed E-state index contributed by atoms with van der Waals surface area (Å²) in [6, 6.07) is 25.6. The molecular formula is C21H15Cl2N3S. The van der Waals surface area contributed by atoms with Crippen molar-refractivity contribution in [1.29, 1.82) is 0 Å². The third kappa shape index (κ3) is 4.19. The summed E-state index contributed by atoms with van der Waals surface area (Å²) < 4.78 is 2.06.